The fraction of sp³-hybridized carbons (Fsp3) is 0.417. The molecule has 1 rings (SSSR count). The first-order valence-corrected chi connectivity index (χ1v) is 5.89. The van der Waals surface area contributed by atoms with Gasteiger partial charge in [-0.3, -0.25) is 4.79 Å². The van der Waals surface area contributed by atoms with Gasteiger partial charge in [0.2, 0.25) is 5.78 Å². The monoisotopic (exact) mass is 410 g/mol. The minimum absolute atomic E-state index is 0.628. The predicted octanol–water partition coefficient (Wildman–Crippen LogP) is 5.74. The number of carbonyl (C=O) groups is 1. The second-order valence-corrected chi connectivity index (χ2v) is 4.77. The van der Waals surface area contributed by atoms with Gasteiger partial charge in [-0.15, -0.1) is 0 Å². The summed E-state index contributed by atoms with van der Waals surface area (Å²) in [4.78, 5) is 11.3. The van der Waals surface area contributed by atoms with Crippen molar-refractivity contribution in [3.8, 4) is 0 Å². The Morgan fingerprint density at radius 2 is 0.962 bits per heavy atom. The van der Waals surface area contributed by atoms with E-state index < -0.39 is 71.0 Å². The van der Waals surface area contributed by atoms with Crippen LogP contribution in [0.2, 0.25) is 0 Å². The number of alkyl halides is 13. The number of benzene rings is 1. The van der Waals surface area contributed by atoms with E-state index in [0.717, 1.165) is 0 Å². The van der Waals surface area contributed by atoms with E-state index in [1.54, 1.807) is 0 Å². The zero-order valence-corrected chi connectivity index (χ0v) is 11.6. The van der Waals surface area contributed by atoms with E-state index in [1.807, 2.05) is 0 Å². The molecule has 1 nitrogen and oxygen atoms in total. The largest absolute Gasteiger partial charge is 0.460 e. The Labute approximate surface area is 134 Å². The molecule has 0 spiro atoms. The van der Waals surface area contributed by atoms with Gasteiger partial charge in [0, 0.05) is 5.56 Å². The van der Waals surface area contributed by atoms with Crippen molar-refractivity contribution in [2.24, 2.45) is 0 Å². The summed E-state index contributed by atoms with van der Waals surface area (Å²) in [5.74, 6) is -17.3. The Balaban J connectivity index is 3.63. The molecule has 148 valence electrons. The van der Waals surface area contributed by atoms with Crippen molar-refractivity contribution in [2.45, 2.75) is 30.4 Å². The lowest BCUT2D eigenvalue weighted by atomic mass is 9.96. The van der Waals surface area contributed by atoms with Crippen LogP contribution in [0, 0.1) is 0 Å². The summed E-state index contributed by atoms with van der Waals surface area (Å²) in [6.45, 7) is 0. The molecular formula is C12H3F13O. The first-order valence-electron chi connectivity index (χ1n) is 5.89. The lowest BCUT2D eigenvalue weighted by Gasteiger charge is -2.27. The van der Waals surface area contributed by atoms with E-state index in [9.17, 15) is 61.9 Å². The first-order chi connectivity index (χ1) is 11.2. The highest BCUT2D eigenvalue weighted by molar-refractivity contribution is 6.02. The number of hydrogen-bond acceptors (Lipinski definition) is 1. The Kier molecular flexibility index (Phi) is 5.09. The number of carbonyl (C=O) groups excluding carboxylic acids is 1. The van der Waals surface area contributed by atoms with Crippen LogP contribution in [0.1, 0.15) is 21.5 Å². The zero-order valence-electron chi connectivity index (χ0n) is 11.6. The van der Waals surface area contributed by atoms with Gasteiger partial charge in [-0.25, -0.2) is 0 Å². The average Bonchev–Trinajstić information content (AvgIpc) is 2.42. The maximum absolute atomic E-state index is 13.3. The standard InChI is InChI=1S/C12H3F13O/c13-8(14,11(21,22)12(23,24)25)7(26)4-1-5(9(15,16)17)3-6(2-4)10(18,19)20/h1-3H. The van der Waals surface area contributed by atoms with E-state index in [0.29, 0.717) is 0 Å². The molecule has 0 aliphatic carbocycles. The zero-order chi connectivity index (χ0) is 20.9. The summed E-state index contributed by atoms with van der Waals surface area (Å²) in [7, 11) is 0. The fourth-order valence-electron chi connectivity index (χ4n) is 1.59. The maximum atomic E-state index is 13.3. The molecule has 0 atom stereocenters. The van der Waals surface area contributed by atoms with Crippen LogP contribution in [-0.4, -0.2) is 23.8 Å². The molecule has 0 N–H and O–H groups in total. The number of halogens is 13. The molecule has 0 saturated carbocycles. The molecule has 0 saturated heterocycles. The number of Topliss-reactive ketones (excluding diaryl/α,β-unsaturated/α-hetero) is 1. The number of ketones is 1. The second kappa shape index (κ2) is 6.01. The van der Waals surface area contributed by atoms with Crippen molar-refractivity contribution in [1.82, 2.24) is 0 Å². The van der Waals surface area contributed by atoms with Crippen LogP contribution in [0.25, 0.3) is 0 Å². The van der Waals surface area contributed by atoms with Gasteiger partial charge in [0.05, 0.1) is 11.1 Å². The van der Waals surface area contributed by atoms with Crippen molar-refractivity contribution in [3.05, 3.63) is 34.9 Å². The molecule has 0 fully saturated rings. The molecule has 0 heterocycles. The van der Waals surface area contributed by atoms with Crippen molar-refractivity contribution in [1.29, 1.82) is 0 Å². The Bertz CT molecular complexity index is 660. The van der Waals surface area contributed by atoms with Crippen molar-refractivity contribution in [2.75, 3.05) is 0 Å². The van der Waals surface area contributed by atoms with Crippen LogP contribution in [0.3, 0.4) is 0 Å². The fourth-order valence-corrected chi connectivity index (χ4v) is 1.59. The normalized spacial score (nSPS) is 14.5. The van der Waals surface area contributed by atoms with E-state index in [-0.39, 0.29) is 0 Å². The molecule has 1 aromatic carbocycles. The molecule has 0 radical (unpaired) electrons. The van der Waals surface area contributed by atoms with Gasteiger partial charge in [0.25, 0.3) is 0 Å². The van der Waals surface area contributed by atoms with Gasteiger partial charge in [-0.2, -0.15) is 57.1 Å². The van der Waals surface area contributed by atoms with E-state index in [2.05, 4.69) is 0 Å². The van der Waals surface area contributed by atoms with Crippen LogP contribution in [0.5, 0.6) is 0 Å². The highest BCUT2D eigenvalue weighted by Gasteiger charge is 2.76. The maximum Gasteiger partial charge on any atom is 0.460 e. The highest BCUT2D eigenvalue weighted by Crippen LogP contribution is 2.48. The Morgan fingerprint density at radius 3 is 1.23 bits per heavy atom. The molecule has 0 unspecified atom stereocenters. The minimum atomic E-state index is -7.04. The molecule has 1 aromatic rings. The van der Waals surface area contributed by atoms with Gasteiger partial charge < -0.3 is 0 Å². The molecule has 0 aliphatic rings. The lowest BCUT2D eigenvalue weighted by molar-refractivity contribution is -0.339. The van der Waals surface area contributed by atoms with Crippen molar-refractivity contribution >= 4 is 5.78 Å². The van der Waals surface area contributed by atoms with Gasteiger partial charge in [0.1, 0.15) is 0 Å². The highest BCUT2D eigenvalue weighted by atomic mass is 19.4. The van der Waals surface area contributed by atoms with Gasteiger partial charge in [-0.1, -0.05) is 0 Å². The molecule has 0 amide bonds. The minimum Gasteiger partial charge on any atom is -0.287 e. The van der Waals surface area contributed by atoms with E-state index in [1.165, 1.54) is 0 Å². The van der Waals surface area contributed by atoms with Gasteiger partial charge in [0.15, 0.2) is 0 Å². The van der Waals surface area contributed by atoms with Crippen LogP contribution in [0.15, 0.2) is 18.2 Å². The number of hydrogen-bond donors (Lipinski definition) is 0. The quantitative estimate of drug-likeness (QED) is 0.459. The van der Waals surface area contributed by atoms with Crippen LogP contribution >= 0.6 is 0 Å². The third-order valence-corrected chi connectivity index (χ3v) is 2.89. The van der Waals surface area contributed by atoms with Crippen molar-refractivity contribution in [3.63, 3.8) is 0 Å². The molecule has 0 aromatic heterocycles. The summed E-state index contributed by atoms with van der Waals surface area (Å²) in [6, 6.07) is -1.99. The SMILES string of the molecule is O=C(c1cc(C(F)(F)F)cc(C(F)(F)F)c1)C(F)(F)C(F)(F)C(F)(F)F. The Hall–Kier alpha value is -2.02. The first kappa shape index (κ1) is 22.0. The van der Waals surface area contributed by atoms with Gasteiger partial charge >= 0.3 is 30.4 Å². The molecule has 0 aliphatic heterocycles. The molecule has 0 bridgehead atoms. The number of rotatable bonds is 3. The third kappa shape index (κ3) is 3.87. The smallest absolute Gasteiger partial charge is 0.287 e. The summed E-state index contributed by atoms with van der Waals surface area (Å²) in [5, 5.41) is 0. The lowest BCUT2D eigenvalue weighted by Crippen LogP contribution is -2.56. The second-order valence-electron chi connectivity index (χ2n) is 4.77. The summed E-state index contributed by atoms with van der Waals surface area (Å²) in [5.41, 5.74) is -7.01. The predicted molar refractivity (Wildman–Crippen MR) is 56.7 cm³/mol. The van der Waals surface area contributed by atoms with E-state index >= 15 is 0 Å². The average molecular weight is 410 g/mol. The van der Waals surface area contributed by atoms with Crippen LogP contribution < -0.4 is 0 Å². The molecule has 26 heavy (non-hydrogen) atoms. The van der Waals surface area contributed by atoms with E-state index in [4.69, 9.17) is 0 Å². The summed E-state index contributed by atoms with van der Waals surface area (Å²) in [6.07, 6.45) is -18.3. The molecule has 14 heteroatoms. The summed E-state index contributed by atoms with van der Waals surface area (Å²) < 4.78 is 163. The van der Waals surface area contributed by atoms with Crippen LogP contribution in [-0.2, 0) is 12.4 Å². The van der Waals surface area contributed by atoms with Crippen LogP contribution in [0.4, 0.5) is 57.1 Å². The van der Waals surface area contributed by atoms with Gasteiger partial charge in [-0.05, 0) is 18.2 Å². The topological polar surface area (TPSA) is 17.1 Å². The summed E-state index contributed by atoms with van der Waals surface area (Å²) >= 11 is 0. The van der Waals surface area contributed by atoms with Crippen molar-refractivity contribution < 1.29 is 61.9 Å². The molecular weight excluding hydrogens is 407 g/mol. The third-order valence-electron chi connectivity index (χ3n) is 2.89. The Morgan fingerprint density at radius 1 is 0.615 bits per heavy atom.